The summed E-state index contributed by atoms with van der Waals surface area (Å²) in [5, 5.41) is 16.1. The lowest BCUT2D eigenvalue weighted by Crippen LogP contribution is -2.64. The summed E-state index contributed by atoms with van der Waals surface area (Å²) in [6, 6.07) is 0. The lowest BCUT2D eigenvalue weighted by atomic mass is 9.91. The quantitative estimate of drug-likeness (QED) is 0.753. The van der Waals surface area contributed by atoms with E-state index in [0.717, 1.165) is 12.8 Å². The largest absolute Gasteiger partial charge is 0.387 e. The molecule has 1 saturated heterocycles. The Balaban J connectivity index is 1.77. The lowest BCUT2D eigenvalue weighted by molar-refractivity contribution is -0.0764. The Morgan fingerprint density at radius 2 is 2.19 bits per heavy atom. The van der Waals surface area contributed by atoms with Gasteiger partial charge in [0, 0.05) is 19.3 Å². The second-order valence-electron chi connectivity index (χ2n) is 4.58. The van der Waals surface area contributed by atoms with Crippen molar-refractivity contribution >= 4 is 10.0 Å². The van der Waals surface area contributed by atoms with Gasteiger partial charge in [-0.15, -0.1) is 0 Å². The number of rotatable bonds is 3. The molecule has 0 atom stereocenters. The molecule has 1 aromatic heterocycles. The predicted octanol–water partition coefficient (Wildman–Crippen LogP) is -0.445. The normalized spacial score (nSPS) is 25.3. The van der Waals surface area contributed by atoms with E-state index in [2.05, 4.69) is 10.2 Å². The number of aromatic nitrogens is 2. The highest BCUT2D eigenvalue weighted by atomic mass is 32.2. The molecule has 1 saturated carbocycles. The number of hydrogen-bond acceptors (Lipinski definition) is 4. The molecule has 16 heavy (non-hydrogen) atoms. The molecule has 0 unspecified atom stereocenters. The molecule has 0 aromatic carbocycles. The standard InChI is InChI=1S/C9H13N3O3S/c13-9(7-1-2-7)5-12(6-9)16(14,15)8-3-10-11-4-8/h3-4,7,13H,1-2,5-6H2,(H,10,11). The van der Waals surface area contributed by atoms with Crippen molar-refractivity contribution < 1.29 is 13.5 Å². The third-order valence-electron chi connectivity index (χ3n) is 3.35. The zero-order valence-electron chi connectivity index (χ0n) is 8.63. The molecule has 88 valence electrons. The van der Waals surface area contributed by atoms with Crippen LogP contribution in [0.1, 0.15) is 12.8 Å². The lowest BCUT2D eigenvalue weighted by Gasteiger charge is -2.45. The first-order chi connectivity index (χ1) is 7.52. The van der Waals surface area contributed by atoms with Crippen LogP contribution in [-0.2, 0) is 10.0 Å². The molecule has 2 N–H and O–H groups in total. The molecular formula is C9H13N3O3S. The Kier molecular flexibility index (Phi) is 1.96. The van der Waals surface area contributed by atoms with Gasteiger partial charge in [0.25, 0.3) is 0 Å². The minimum atomic E-state index is -3.46. The Bertz CT molecular complexity index is 486. The van der Waals surface area contributed by atoms with Crippen LogP contribution in [0.3, 0.4) is 0 Å². The van der Waals surface area contributed by atoms with Crippen molar-refractivity contribution in [1.82, 2.24) is 14.5 Å². The van der Waals surface area contributed by atoms with E-state index in [1.54, 1.807) is 0 Å². The maximum Gasteiger partial charge on any atom is 0.246 e. The SMILES string of the molecule is O=S(=O)(c1cn[nH]c1)N1CC(O)(C2CC2)C1. The van der Waals surface area contributed by atoms with Crippen LogP contribution >= 0.6 is 0 Å². The molecule has 0 radical (unpaired) electrons. The molecule has 2 aliphatic rings. The van der Waals surface area contributed by atoms with Crippen molar-refractivity contribution in [1.29, 1.82) is 0 Å². The van der Waals surface area contributed by atoms with Gasteiger partial charge in [-0.1, -0.05) is 0 Å². The third-order valence-corrected chi connectivity index (χ3v) is 5.11. The third kappa shape index (κ3) is 1.39. The van der Waals surface area contributed by atoms with Gasteiger partial charge < -0.3 is 5.11 Å². The van der Waals surface area contributed by atoms with Crippen LogP contribution < -0.4 is 0 Å². The van der Waals surface area contributed by atoms with Crippen LogP contribution in [0.25, 0.3) is 0 Å². The first-order valence-electron chi connectivity index (χ1n) is 5.24. The van der Waals surface area contributed by atoms with Crippen LogP contribution in [0.15, 0.2) is 17.3 Å². The van der Waals surface area contributed by atoms with Gasteiger partial charge >= 0.3 is 0 Å². The molecule has 0 amide bonds. The summed E-state index contributed by atoms with van der Waals surface area (Å²) < 4.78 is 25.2. The molecular weight excluding hydrogens is 230 g/mol. The second-order valence-corrected chi connectivity index (χ2v) is 6.52. The number of β-amino-alcohol motifs (C(OH)–C–C–N with tert-alkyl or cyclic N) is 1. The van der Waals surface area contributed by atoms with E-state index in [4.69, 9.17) is 0 Å². The van der Waals surface area contributed by atoms with Gasteiger partial charge in [-0.3, -0.25) is 5.10 Å². The number of sulfonamides is 1. The van der Waals surface area contributed by atoms with Crippen molar-refractivity contribution in [3.05, 3.63) is 12.4 Å². The summed E-state index contributed by atoms with van der Waals surface area (Å²) in [5.74, 6) is 0.295. The van der Waals surface area contributed by atoms with Gasteiger partial charge in [-0.2, -0.15) is 9.40 Å². The topological polar surface area (TPSA) is 86.3 Å². The maximum absolute atomic E-state index is 12.0. The van der Waals surface area contributed by atoms with Gasteiger partial charge in [0.2, 0.25) is 10.0 Å². The number of hydrogen-bond donors (Lipinski definition) is 2. The molecule has 0 bridgehead atoms. The van der Waals surface area contributed by atoms with Gasteiger partial charge in [0.05, 0.1) is 11.8 Å². The van der Waals surface area contributed by atoms with Crippen molar-refractivity contribution in [2.45, 2.75) is 23.3 Å². The summed E-state index contributed by atoms with van der Waals surface area (Å²) in [6.07, 6.45) is 4.65. The minimum Gasteiger partial charge on any atom is -0.387 e. The van der Waals surface area contributed by atoms with E-state index in [1.165, 1.54) is 16.7 Å². The molecule has 1 aliphatic carbocycles. The highest BCUT2D eigenvalue weighted by molar-refractivity contribution is 7.89. The monoisotopic (exact) mass is 243 g/mol. The van der Waals surface area contributed by atoms with Crippen LogP contribution in [0, 0.1) is 5.92 Å². The number of aromatic amines is 1. The highest BCUT2D eigenvalue weighted by Crippen LogP contribution is 2.45. The molecule has 2 fully saturated rings. The number of nitrogens with zero attached hydrogens (tertiary/aromatic N) is 2. The number of H-pyrrole nitrogens is 1. The summed E-state index contributed by atoms with van der Waals surface area (Å²) in [4.78, 5) is 0.158. The van der Waals surface area contributed by atoms with Crippen LogP contribution in [0.4, 0.5) is 0 Å². The summed E-state index contributed by atoms with van der Waals surface area (Å²) in [7, 11) is -3.46. The van der Waals surface area contributed by atoms with Crippen LogP contribution in [-0.4, -0.2) is 46.7 Å². The minimum absolute atomic E-state index is 0.158. The van der Waals surface area contributed by atoms with E-state index in [1.807, 2.05) is 0 Å². The van der Waals surface area contributed by atoms with E-state index < -0.39 is 15.6 Å². The average Bonchev–Trinajstić information content (AvgIpc) is 2.88. The molecule has 7 heteroatoms. The van der Waals surface area contributed by atoms with E-state index in [0.29, 0.717) is 5.92 Å². The molecule has 1 aliphatic heterocycles. The fourth-order valence-electron chi connectivity index (χ4n) is 2.14. The van der Waals surface area contributed by atoms with Gasteiger partial charge in [0.15, 0.2) is 0 Å². The summed E-state index contributed by atoms with van der Waals surface area (Å²) in [5.41, 5.74) is -0.781. The molecule has 6 nitrogen and oxygen atoms in total. The summed E-state index contributed by atoms with van der Waals surface area (Å²) >= 11 is 0. The van der Waals surface area contributed by atoms with E-state index >= 15 is 0 Å². The van der Waals surface area contributed by atoms with Gasteiger partial charge in [-0.05, 0) is 18.8 Å². The van der Waals surface area contributed by atoms with Crippen molar-refractivity contribution in [2.24, 2.45) is 5.92 Å². The number of nitrogens with one attached hydrogen (secondary N) is 1. The van der Waals surface area contributed by atoms with Crippen molar-refractivity contribution in [3.8, 4) is 0 Å². The first-order valence-corrected chi connectivity index (χ1v) is 6.68. The Morgan fingerprint density at radius 1 is 1.50 bits per heavy atom. The Hall–Kier alpha value is -0.920. The first kappa shape index (κ1) is 10.2. The Labute approximate surface area is 93.3 Å². The zero-order chi connectivity index (χ0) is 11.4. The predicted molar refractivity (Wildman–Crippen MR) is 55.0 cm³/mol. The van der Waals surface area contributed by atoms with E-state index in [9.17, 15) is 13.5 Å². The smallest absolute Gasteiger partial charge is 0.246 e. The van der Waals surface area contributed by atoms with Crippen molar-refractivity contribution in [3.63, 3.8) is 0 Å². The van der Waals surface area contributed by atoms with Crippen molar-refractivity contribution in [2.75, 3.05) is 13.1 Å². The summed E-state index contributed by atoms with van der Waals surface area (Å²) in [6.45, 7) is 0.427. The van der Waals surface area contributed by atoms with Crippen LogP contribution in [0.2, 0.25) is 0 Å². The average molecular weight is 243 g/mol. The molecule has 3 rings (SSSR count). The van der Waals surface area contributed by atoms with Gasteiger partial charge in [-0.25, -0.2) is 8.42 Å². The number of aliphatic hydroxyl groups is 1. The zero-order valence-corrected chi connectivity index (χ0v) is 9.44. The molecule has 0 spiro atoms. The van der Waals surface area contributed by atoms with Crippen LogP contribution in [0.5, 0.6) is 0 Å². The second kappa shape index (κ2) is 3.06. The Morgan fingerprint density at radius 3 is 2.69 bits per heavy atom. The fourth-order valence-corrected chi connectivity index (χ4v) is 3.62. The maximum atomic E-state index is 12.0. The molecule has 2 heterocycles. The molecule has 1 aromatic rings. The van der Waals surface area contributed by atoms with E-state index in [-0.39, 0.29) is 18.0 Å². The fraction of sp³-hybridized carbons (Fsp3) is 0.667. The van der Waals surface area contributed by atoms with Gasteiger partial charge in [0.1, 0.15) is 4.90 Å². The highest BCUT2D eigenvalue weighted by Gasteiger charge is 2.55.